The van der Waals surface area contributed by atoms with E-state index in [1.54, 1.807) is 0 Å². The zero-order valence-electron chi connectivity index (χ0n) is 15.7. The van der Waals surface area contributed by atoms with Gasteiger partial charge >= 0.3 is 0 Å². The molecule has 140 valence electrons. The number of likely N-dealkylation sites (tertiary alicyclic amines) is 1. The fourth-order valence-corrected chi connectivity index (χ4v) is 3.86. The van der Waals surface area contributed by atoms with Crippen LogP contribution in [0, 0.1) is 0 Å². The Balaban J connectivity index is 1.56. The van der Waals surface area contributed by atoms with E-state index in [9.17, 15) is 5.11 Å². The molecule has 2 heterocycles. The van der Waals surface area contributed by atoms with Crippen molar-refractivity contribution >= 4 is 28.0 Å². The quantitative estimate of drug-likeness (QED) is 0.469. The van der Waals surface area contributed by atoms with Crippen molar-refractivity contribution in [2.24, 2.45) is 4.99 Å². The highest BCUT2D eigenvalue weighted by atomic mass is 16.3. The van der Waals surface area contributed by atoms with Gasteiger partial charge in [-0.3, -0.25) is 9.89 Å². The minimum Gasteiger partial charge on any atom is -0.494 e. The third-order valence-corrected chi connectivity index (χ3v) is 5.25. The molecule has 1 fully saturated rings. The molecule has 0 bridgehead atoms. The van der Waals surface area contributed by atoms with Crippen LogP contribution in [0.15, 0.2) is 47.5 Å². The molecule has 0 radical (unpaired) electrons. The summed E-state index contributed by atoms with van der Waals surface area (Å²) >= 11 is 0. The fourth-order valence-electron chi connectivity index (χ4n) is 3.86. The molecule has 0 unspecified atom stereocenters. The summed E-state index contributed by atoms with van der Waals surface area (Å²) in [4.78, 5) is 10.2. The molecule has 1 aliphatic heterocycles. The molecule has 4 N–H and O–H groups in total. The summed E-state index contributed by atoms with van der Waals surface area (Å²) in [6.45, 7) is 5.31. The van der Waals surface area contributed by atoms with Crippen LogP contribution in [-0.2, 0) is 6.54 Å². The van der Waals surface area contributed by atoms with Crippen molar-refractivity contribution in [2.75, 3.05) is 18.8 Å². The van der Waals surface area contributed by atoms with E-state index >= 15 is 0 Å². The van der Waals surface area contributed by atoms with Gasteiger partial charge in [0.15, 0.2) is 5.88 Å². The van der Waals surface area contributed by atoms with Gasteiger partial charge in [-0.25, -0.2) is 0 Å². The molecule has 0 spiro atoms. The average Bonchev–Trinajstić information content (AvgIpc) is 2.99. The molecule has 0 atom stereocenters. The molecule has 0 amide bonds. The van der Waals surface area contributed by atoms with Crippen molar-refractivity contribution in [1.82, 2.24) is 9.88 Å². The summed E-state index contributed by atoms with van der Waals surface area (Å²) in [7, 11) is 0. The molecule has 2 aromatic carbocycles. The van der Waals surface area contributed by atoms with Gasteiger partial charge in [0, 0.05) is 23.1 Å². The van der Waals surface area contributed by atoms with E-state index in [0.717, 1.165) is 28.8 Å². The molecular weight excluding hydrogens is 336 g/mol. The molecule has 27 heavy (non-hydrogen) atoms. The van der Waals surface area contributed by atoms with Gasteiger partial charge in [0.2, 0.25) is 0 Å². The standard InChI is InChI=1S/C22H26N4O/c1-15(21-19-13-17(23)7-10-20(19)25-22(21)27)24-18-8-5-16(6-9-18)14-26-11-3-2-4-12-26/h5-10,13,25,27H,2-4,11-12,14,23H2,1H3. The number of hydrogen-bond donors (Lipinski definition) is 3. The number of fused-ring (bicyclic) bond motifs is 1. The van der Waals surface area contributed by atoms with E-state index < -0.39 is 0 Å². The monoisotopic (exact) mass is 362 g/mol. The number of H-pyrrole nitrogens is 1. The minimum absolute atomic E-state index is 0.124. The lowest BCUT2D eigenvalue weighted by Gasteiger charge is -2.26. The van der Waals surface area contributed by atoms with Gasteiger partial charge in [0.25, 0.3) is 0 Å². The van der Waals surface area contributed by atoms with Crippen LogP contribution < -0.4 is 5.73 Å². The van der Waals surface area contributed by atoms with Crippen LogP contribution in [0.4, 0.5) is 11.4 Å². The Hall–Kier alpha value is -2.79. The number of nitrogens with zero attached hydrogens (tertiary/aromatic N) is 2. The van der Waals surface area contributed by atoms with Gasteiger partial charge in [-0.05, 0) is 68.8 Å². The molecule has 1 aromatic heterocycles. The van der Waals surface area contributed by atoms with E-state index in [4.69, 9.17) is 10.7 Å². The van der Waals surface area contributed by atoms with Crippen LogP contribution in [0.25, 0.3) is 10.9 Å². The van der Waals surface area contributed by atoms with Crippen LogP contribution in [0.1, 0.15) is 37.3 Å². The van der Waals surface area contributed by atoms with Gasteiger partial charge in [0.1, 0.15) is 0 Å². The van der Waals surface area contributed by atoms with Gasteiger partial charge in [0.05, 0.1) is 17.0 Å². The summed E-state index contributed by atoms with van der Waals surface area (Å²) in [5.41, 5.74) is 11.1. The number of aromatic amines is 1. The van der Waals surface area contributed by atoms with Crippen LogP contribution in [-0.4, -0.2) is 33.8 Å². The number of aromatic nitrogens is 1. The van der Waals surface area contributed by atoms with Crippen LogP contribution >= 0.6 is 0 Å². The number of nitrogens with one attached hydrogen (secondary N) is 1. The van der Waals surface area contributed by atoms with Crippen molar-refractivity contribution in [1.29, 1.82) is 0 Å². The maximum Gasteiger partial charge on any atom is 0.198 e. The molecular formula is C22H26N4O. The number of hydrogen-bond acceptors (Lipinski definition) is 4. The van der Waals surface area contributed by atoms with Gasteiger partial charge in [-0.2, -0.15) is 0 Å². The number of aliphatic imine (C=N–C) groups is 1. The van der Waals surface area contributed by atoms with Crippen LogP contribution in [0.3, 0.4) is 0 Å². The first-order valence-corrected chi connectivity index (χ1v) is 9.57. The van der Waals surface area contributed by atoms with Crippen molar-refractivity contribution in [3.63, 3.8) is 0 Å². The van der Waals surface area contributed by atoms with E-state index in [-0.39, 0.29) is 5.88 Å². The fraction of sp³-hybridized carbons (Fsp3) is 0.318. The Morgan fingerprint density at radius 1 is 1.11 bits per heavy atom. The molecule has 1 saturated heterocycles. The topological polar surface area (TPSA) is 77.6 Å². The second-order valence-corrected chi connectivity index (χ2v) is 7.35. The number of piperidine rings is 1. The largest absolute Gasteiger partial charge is 0.494 e. The second-order valence-electron chi connectivity index (χ2n) is 7.35. The molecule has 1 aliphatic rings. The lowest BCUT2D eigenvalue weighted by molar-refractivity contribution is 0.221. The smallest absolute Gasteiger partial charge is 0.198 e. The average molecular weight is 362 g/mol. The Bertz CT molecular complexity index is 966. The molecule has 0 saturated carbocycles. The predicted octanol–water partition coefficient (Wildman–Crippen LogP) is 4.58. The highest BCUT2D eigenvalue weighted by Crippen LogP contribution is 2.30. The zero-order valence-corrected chi connectivity index (χ0v) is 15.7. The first kappa shape index (κ1) is 17.6. The van der Waals surface area contributed by atoms with E-state index in [2.05, 4.69) is 22.0 Å². The molecule has 4 rings (SSSR count). The summed E-state index contributed by atoms with van der Waals surface area (Å²) in [6, 6.07) is 13.9. The third-order valence-electron chi connectivity index (χ3n) is 5.25. The predicted molar refractivity (Wildman–Crippen MR) is 112 cm³/mol. The Labute approximate surface area is 159 Å². The number of rotatable bonds is 4. The highest BCUT2D eigenvalue weighted by molar-refractivity contribution is 6.13. The first-order chi connectivity index (χ1) is 13.1. The number of benzene rings is 2. The Kier molecular flexibility index (Phi) is 4.86. The van der Waals surface area contributed by atoms with E-state index in [0.29, 0.717) is 11.3 Å². The van der Waals surface area contributed by atoms with Crippen molar-refractivity contribution in [3.05, 3.63) is 53.6 Å². The van der Waals surface area contributed by atoms with Gasteiger partial charge in [-0.1, -0.05) is 18.6 Å². The minimum atomic E-state index is 0.124. The number of anilines is 1. The van der Waals surface area contributed by atoms with Gasteiger partial charge < -0.3 is 15.8 Å². The number of aromatic hydroxyl groups is 1. The first-order valence-electron chi connectivity index (χ1n) is 9.57. The lowest BCUT2D eigenvalue weighted by Crippen LogP contribution is -2.28. The maximum atomic E-state index is 10.3. The van der Waals surface area contributed by atoms with Gasteiger partial charge in [-0.15, -0.1) is 0 Å². The van der Waals surface area contributed by atoms with Crippen LogP contribution in [0.2, 0.25) is 0 Å². The normalized spacial score (nSPS) is 16.1. The summed E-state index contributed by atoms with van der Waals surface area (Å²) in [5.74, 6) is 0.124. The Morgan fingerprint density at radius 2 is 1.85 bits per heavy atom. The Morgan fingerprint density at radius 3 is 2.59 bits per heavy atom. The van der Waals surface area contributed by atoms with Crippen molar-refractivity contribution < 1.29 is 5.11 Å². The van der Waals surface area contributed by atoms with E-state index in [1.165, 1.54) is 37.9 Å². The van der Waals surface area contributed by atoms with Crippen molar-refractivity contribution in [2.45, 2.75) is 32.7 Å². The third kappa shape index (κ3) is 3.83. The molecule has 3 aromatic rings. The summed E-state index contributed by atoms with van der Waals surface area (Å²) in [5, 5.41) is 11.2. The van der Waals surface area contributed by atoms with Crippen LogP contribution in [0.5, 0.6) is 5.88 Å². The zero-order chi connectivity index (χ0) is 18.8. The molecule has 0 aliphatic carbocycles. The maximum absolute atomic E-state index is 10.3. The SMILES string of the molecule is CC(=Nc1ccc(CN2CCCCC2)cc1)c1c(O)[nH]c2ccc(N)cc12. The molecule has 5 heteroatoms. The summed E-state index contributed by atoms with van der Waals surface area (Å²) < 4.78 is 0. The number of nitrogens with two attached hydrogens (primary N) is 1. The second kappa shape index (κ2) is 7.45. The van der Waals surface area contributed by atoms with E-state index in [1.807, 2.05) is 37.3 Å². The highest BCUT2D eigenvalue weighted by Gasteiger charge is 2.14. The summed E-state index contributed by atoms with van der Waals surface area (Å²) in [6.07, 6.45) is 3.97. The lowest BCUT2D eigenvalue weighted by atomic mass is 10.1. The molecule has 5 nitrogen and oxygen atoms in total. The number of nitrogen functional groups attached to an aromatic ring is 1. The van der Waals surface area contributed by atoms with Crippen molar-refractivity contribution in [3.8, 4) is 5.88 Å².